The Labute approximate surface area is 61.4 Å². The van der Waals surface area contributed by atoms with Gasteiger partial charge in [0.05, 0.1) is 0 Å². The van der Waals surface area contributed by atoms with Crippen molar-refractivity contribution >= 4 is 11.8 Å². The maximum atomic E-state index is 5.84. The average molecular weight is 145 g/mol. The molecule has 2 atom stereocenters. The zero-order chi connectivity index (χ0) is 6.69. The standard InChI is InChI=1S/C7H15NS/c1-2-3-6-4-9-5-7(6)8/h6-7H,2-5,8H2,1H3. The van der Waals surface area contributed by atoms with E-state index in [9.17, 15) is 0 Å². The molecule has 0 spiro atoms. The first-order valence-corrected chi connectivity index (χ1v) is 4.83. The quantitative estimate of drug-likeness (QED) is 0.637. The Kier molecular flexibility index (Phi) is 2.86. The Morgan fingerprint density at radius 2 is 2.33 bits per heavy atom. The summed E-state index contributed by atoms with van der Waals surface area (Å²) in [7, 11) is 0. The Balaban J connectivity index is 2.22. The van der Waals surface area contributed by atoms with E-state index in [0.29, 0.717) is 6.04 Å². The predicted octanol–water partition coefficient (Wildman–Crippen LogP) is 1.48. The molecule has 1 rings (SSSR count). The SMILES string of the molecule is CCCC1CSCC1N. The fraction of sp³-hybridized carbons (Fsp3) is 1.00. The molecule has 0 saturated carbocycles. The molecule has 0 amide bonds. The lowest BCUT2D eigenvalue weighted by molar-refractivity contribution is 0.475. The summed E-state index contributed by atoms with van der Waals surface area (Å²) >= 11 is 2.01. The second kappa shape index (κ2) is 3.47. The number of hydrogen-bond acceptors (Lipinski definition) is 2. The number of hydrogen-bond donors (Lipinski definition) is 1. The Morgan fingerprint density at radius 3 is 2.78 bits per heavy atom. The summed E-state index contributed by atoms with van der Waals surface area (Å²) in [6, 6.07) is 0.495. The average Bonchev–Trinajstić information content (AvgIpc) is 2.18. The van der Waals surface area contributed by atoms with Crippen molar-refractivity contribution in [3.8, 4) is 0 Å². The smallest absolute Gasteiger partial charge is 0.0166 e. The monoisotopic (exact) mass is 145 g/mol. The number of thioether (sulfide) groups is 1. The fourth-order valence-corrected chi connectivity index (χ4v) is 2.68. The largest absolute Gasteiger partial charge is 0.327 e. The lowest BCUT2D eigenvalue weighted by atomic mass is 9.99. The zero-order valence-corrected chi connectivity index (χ0v) is 6.79. The highest BCUT2D eigenvalue weighted by Crippen LogP contribution is 2.25. The van der Waals surface area contributed by atoms with Crippen LogP contribution in [0, 0.1) is 5.92 Å². The van der Waals surface area contributed by atoms with Gasteiger partial charge in [-0.15, -0.1) is 0 Å². The van der Waals surface area contributed by atoms with Crippen molar-refractivity contribution in [2.24, 2.45) is 11.7 Å². The summed E-state index contributed by atoms with van der Waals surface area (Å²) in [5, 5.41) is 0. The van der Waals surface area contributed by atoms with Crippen molar-refractivity contribution in [3.05, 3.63) is 0 Å². The van der Waals surface area contributed by atoms with Crippen molar-refractivity contribution in [1.29, 1.82) is 0 Å². The van der Waals surface area contributed by atoms with E-state index in [1.165, 1.54) is 24.3 Å². The molecule has 1 nitrogen and oxygen atoms in total. The summed E-state index contributed by atoms with van der Waals surface area (Å²) in [5.74, 6) is 3.31. The number of nitrogens with two attached hydrogens (primary N) is 1. The van der Waals surface area contributed by atoms with Gasteiger partial charge in [0.1, 0.15) is 0 Å². The van der Waals surface area contributed by atoms with E-state index in [-0.39, 0.29) is 0 Å². The van der Waals surface area contributed by atoms with E-state index in [2.05, 4.69) is 6.92 Å². The maximum Gasteiger partial charge on any atom is 0.0166 e. The summed E-state index contributed by atoms with van der Waals surface area (Å²) in [6.45, 7) is 2.23. The second-order valence-corrected chi connectivity index (χ2v) is 3.82. The van der Waals surface area contributed by atoms with Crippen LogP contribution in [0.5, 0.6) is 0 Å². The fourth-order valence-electron chi connectivity index (χ4n) is 1.28. The molecule has 54 valence electrons. The topological polar surface area (TPSA) is 26.0 Å². The van der Waals surface area contributed by atoms with Gasteiger partial charge in [0.2, 0.25) is 0 Å². The third kappa shape index (κ3) is 1.87. The van der Waals surface area contributed by atoms with Crippen LogP contribution >= 0.6 is 11.8 Å². The first-order valence-electron chi connectivity index (χ1n) is 3.68. The van der Waals surface area contributed by atoms with Gasteiger partial charge in [-0.1, -0.05) is 13.3 Å². The highest BCUT2D eigenvalue weighted by Gasteiger charge is 2.22. The lowest BCUT2D eigenvalue weighted by Gasteiger charge is -2.11. The Bertz CT molecular complexity index is 85.0. The molecule has 0 radical (unpaired) electrons. The molecular weight excluding hydrogens is 130 g/mol. The van der Waals surface area contributed by atoms with E-state index in [1.807, 2.05) is 11.8 Å². The van der Waals surface area contributed by atoms with E-state index in [1.54, 1.807) is 0 Å². The molecule has 1 saturated heterocycles. The van der Waals surface area contributed by atoms with Crippen molar-refractivity contribution < 1.29 is 0 Å². The summed E-state index contributed by atoms with van der Waals surface area (Å²) in [6.07, 6.45) is 2.62. The van der Waals surface area contributed by atoms with Gasteiger partial charge in [-0.3, -0.25) is 0 Å². The van der Waals surface area contributed by atoms with Gasteiger partial charge in [-0.2, -0.15) is 11.8 Å². The van der Waals surface area contributed by atoms with Crippen LogP contribution < -0.4 is 5.73 Å². The Morgan fingerprint density at radius 1 is 1.56 bits per heavy atom. The molecule has 0 aromatic rings. The van der Waals surface area contributed by atoms with Crippen molar-refractivity contribution in [3.63, 3.8) is 0 Å². The zero-order valence-electron chi connectivity index (χ0n) is 5.97. The molecule has 1 aliphatic rings. The molecule has 1 fully saturated rings. The second-order valence-electron chi connectivity index (χ2n) is 2.75. The molecule has 9 heavy (non-hydrogen) atoms. The van der Waals surface area contributed by atoms with Gasteiger partial charge in [-0.25, -0.2) is 0 Å². The minimum absolute atomic E-state index is 0.495. The van der Waals surface area contributed by atoms with Gasteiger partial charge < -0.3 is 5.73 Å². The third-order valence-electron chi connectivity index (χ3n) is 1.91. The molecule has 0 aromatic heterocycles. The molecule has 0 aromatic carbocycles. The lowest BCUT2D eigenvalue weighted by Crippen LogP contribution is -2.27. The molecule has 1 heterocycles. The molecule has 2 heteroatoms. The molecule has 2 unspecified atom stereocenters. The van der Waals surface area contributed by atoms with Gasteiger partial charge in [0.25, 0.3) is 0 Å². The van der Waals surface area contributed by atoms with Gasteiger partial charge in [-0.05, 0) is 18.1 Å². The Hall–Kier alpha value is 0.310. The first kappa shape index (κ1) is 7.42. The van der Waals surface area contributed by atoms with Crippen LogP contribution in [0.15, 0.2) is 0 Å². The van der Waals surface area contributed by atoms with Crippen LogP contribution in [0.4, 0.5) is 0 Å². The van der Waals surface area contributed by atoms with Gasteiger partial charge in [0, 0.05) is 11.8 Å². The minimum Gasteiger partial charge on any atom is -0.327 e. The minimum atomic E-state index is 0.495. The third-order valence-corrected chi connectivity index (χ3v) is 3.19. The van der Waals surface area contributed by atoms with Gasteiger partial charge >= 0.3 is 0 Å². The van der Waals surface area contributed by atoms with E-state index >= 15 is 0 Å². The van der Waals surface area contributed by atoms with Crippen LogP contribution in [0.3, 0.4) is 0 Å². The highest BCUT2D eigenvalue weighted by atomic mass is 32.2. The molecule has 2 N–H and O–H groups in total. The van der Waals surface area contributed by atoms with Crippen molar-refractivity contribution in [2.45, 2.75) is 25.8 Å². The predicted molar refractivity (Wildman–Crippen MR) is 43.7 cm³/mol. The summed E-state index contributed by atoms with van der Waals surface area (Å²) < 4.78 is 0. The molecular formula is C7H15NS. The van der Waals surface area contributed by atoms with Crippen molar-refractivity contribution in [2.75, 3.05) is 11.5 Å². The normalized spacial score (nSPS) is 35.3. The summed E-state index contributed by atoms with van der Waals surface area (Å²) in [4.78, 5) is 0. The van der Waals surface area contributed by atoms with Crippen LogP contribution in [-0.4, -0.2) is 17.5 Å². The van der Waals surface area contributed by atoms with E-state index in [0.717, 1.165) is 5.92 Å². The van der Waals surface area contributed by atoms with Crippen LogP contribution in [0.1, 0.15) is 19.8 Å². The van der Waals surface area contributed by atoms with Gasteiger partial charge in [0.15, 0.2) is 0 Å². The van der Waals surface area contributed by atoms with Crippen LogP contribution in [-0.2, 0) is 0 Å². The maximum absolute atomic E-state index is 5.84. The molecule has 1 aliphatic heterocycles. The van der Waals surface area contributed by atoms with Crippen LogP contribution in [0.25, 0.3) is 0 Å². The highest BCUT2D eigenvalue weighted by molar-refractivity contribution is 7.99. The van der Waals surface area contributed by atoms with E-state index in [4.69, 9.17) is 5.73 Å². The van der Waals surface area contributed by atoms with Crippen LogP contribution in [0.2, 0.25) is 0 Å². The van der Waals surface area contributed by atoms with Crippen molar-refractivity contribution in [1.82, 2.24) is 0 Å². The summed E-state index contributed by atoms with van der Waals surface area (Å²) in [5.41, 5.74) is 5.84. The first-order chi connectivity index (χ1) is 4.34. The molecule has 0 aliphatic carbocycles. The van der Waals surface area contributed by atoms with E-state index < -0.39 is 0 Å². The number of rotatable bonds is 2. The molecule has 0 bridgehead atoms.